The molecule has 2 amide bonds. The minimum atomic E-state index is -1.12. The Morgan fingerprint density at radius 1 is 1.04 bits per heavy atom. The Balaban J connectivity index is 1.98. The number of carboxylic acids is 1. The highest BCUT2D eigenvalue weighted by Crippen LogP contribution is 2.08. The number of amides is 2. The molecular weight excluding hydrogens is 384 g/mol. The number of aliphatic carboxylic acids is 1. The maximum Gasteiger partial charge on any atom is 0.326 e. The maximum atomic E-state index is 12.6. The molecule has 0 saturated heterocycles. The van der Waals surface area contributed by atoms with Gasteiger partial charge in [-0.15, -0.1) is 0 Å². The number of hydrogen-bond donors (Lipinski definition) is 4. The Kier molecular flexibility index (Phi) is 8.35. The zero-order valence-corrected chi connectivity index (χ0v) is 16.3. The number of carbonyl (C=O) groups is 3. The highest BCUT2D eigenvalue weighted by Gasteiger charge is 2.26. The minimum absolute atomic E-state index is 0.165. The molecular formula is C19H22N2O4S2. The summed E-state index contributed by atoms with van der Waals surface area (Å²) >= 11 is 5.62. The fourth-order valence-corrected chi connectivity index (χ4v) is 3.47. The van der Waals surface area contributed by atoms with Gasteiger partial charge in [-0.25, -0.2) is 4.79 Å². The SMILES string of the molecule is O=C(Cc1ccsc1)NC(CCS)C(=O)N[C@H](Cc1ccccc1)C(=O)O. The molecule has 0 bridgehead atoms. The Morgan fingerprint density at radius 3 is 2.37 bits per heavy atom. The van der Waals surface area contributed by atoms with Crippen molar-refractivity contribution in [2.75, 3.05) is 5.75 Å². The molecule has 144 valence electrons. The number of nitrogens with one attached hydrogen (secondary N) is 2. The molecule has 0 aliphatic heterocycles. The topological polar surface area (TPSA) is 95.5 Å². The molecule has 0 spiro atoms. The molecule has 3 N–H and O–H groups in total. The third-order valence-electron chi connectivity index (χ3n) is 3.91. The highest BCUT2D eigenvalue weighted by molar-refractivity contribution is 7.80. The van der Waals surface area contributed by atoms with Crippen LogP contribution >= 0.6 is 24.0 Å². The summed E-state index contributed by atoms with van der Waals surface area (Å²) in [6.07, 6.45) is 0.645. The lowest BCUT2D eigenvalue weighted by atomic mass is 10.1. The van der Waals surface area contributed by atoms with Gasteiger partial charge in [0.15, 0.2) is 0 Å². The zero-order chi connectivity index (χ0) is 19.6. The zero-order valence-electron chi connectivity index (χ0n) is 14.6. The first-order valence-corrected chi connectivity index (χ1v) is 10.1. The molecule has 0 aliphatic rings. The van der Waals surface area contributed by atoms with Gasteiger partial charge in [-0.05, 0) is 40.1 Å². The first-order chi connectivity index (χ1) is 13.0. The first-order valence-electron chi connectivity index (χ1n) is 8.48. The van der Waals surface area contributed by atoms with Gasteiger partial charge < -0.3 is 15.7 Å². The van der Waals surface area contributed by atoms with Crippen molar-refractivity contribution in [1.82, 2.24) is 10.6 Å². The van der Waals surface area contributed by atoms with Gasteiger partial charge in [0, 0.05) is 6.42 Å². The van der Waals surface area contributed by atoms with Crippen LogP contribution in [0.2, 0.25) is 0 Å². The molecule has 0 aliphatic carbocycles. The molecule has 2 aromatic rings. The lowest BCUT2D eigenvalue weighted by molar-refractivity contribution is -0.142. The largest absolute Gasteiger partial charge is 0.480 e. The van der Waals surface area contributed by atoms with Crippen molar-refractivity contribution >= 4 is 41.7 Å². The maximum absolute atomic E-state index is 12.6. The standard InChI is InChI=1S/C19H22N2O4S2/c22-17(11-14-7-9-27-12-14)20-15(6-8-26)18(23)21-16(19(24)25)10-13-4-2-1-3-5-13/h1-5,7,9,12,15-16,26H,6,8,10-11H2,(H,20,22)(H,21,23)(H,24,25)/t15?,16-/m1/s1. The Hall–Kier alpha value is -2.32. The number of benzene rings is 1. The van der Waals surface area contributed by atoms with Crippen LogP contribution in [0.25, 0.3) is 0 Å². The predicted molar refractivity (Wildman–Crippen MR) is 108 cm³/mol. The van der Waals surface area contributed by atoms with Gasteiger partial charge in [-0.2, -0.15) is 24.0 Å². The van der Waals surface area contributed by atoms with Crippen LogP contribution in [0.5, 0.6) is 0 Å². The van der Waals surface area contributed by atoms with E-state index in [2.05, 4.69) is 23.3 Å². The van der Waals surface area contributed by atoms with Gasteiger partial charge in [0.05, 0.1) is 6.42 Å². The van der Waals surface area contributed by atoms with Crippen LogP contribution in [0, 0.1) is 0 Å². The fraction of sp³-hybridized carbons (Fsp3) is 0.316. The van der Waals surface area contributed by atoms with E-state index >= 15 is 0 Å². The lowest BCUT2D eigenvalue weighted by Gasteiger charge is -2.21. The average molecular weight is 407 g/mol. The van der Waals surface area contributed by atoms with E-state index in [1.807, 2.05) is 35.0 Å². The van der Waals surface area contributed by atoms with Gasteiger partial charge in [-0.1, -0.05) is 30.3 Å². The molecule has 1 unspecified atom stereocenters. The van der Waals surface area contributed by atoms with E-state index in [0.717, 1.165) is 11.1 Å². The second-order valence-electron chi connectivity index (χ2n) is 6.03. The number of rotatable bonds is 10. The fourth-order valence-electron chi connectivity index (χ4n) is 2.54. The molecule has 2 atom stereocenters. The molecule has 0 saturated carbocycles. The van der Waals surface area contributed by atoms with E-state index < -0.39 is 24.0 Å². The van der Waals surface area contributed by atoms with E-state index in [0.29, 0.717) is 12.2 Å². The summed E-state index contributed by atoms with van der Waals surface area (Å²) < 4.78 is 0. The average Bonchev–Trinajstić information content (AvgIpc) is 3.14. The first kappa shape index (κ1) is 21.0. The number of thiol groups is 1. The summed E-state index contributed by atoms with van der Waals surface area (Å²) in [4.78, 5) is 36.3. The van der Waals surface area contributed by atoms with Crippen LogP contribution in [-0.4, -0.2) is 40.7 Å². The van der Waals surface area contributed by atoms with Crippen molar-refractivity contribution in [1.29, 1.82) is 0 Å². The molecule has 2 rings (SSSR count). The number of carbonyl (C=O) groups excluding carboxylic acids is 2. The van der Waals surface area contributed by atoms with Crippen molar-refractivity contribution in [3.63, 3.8) is 0 Å². The second kappa shape index (κ2) is 10.7. The smallest absolute Gasteiger partial charge is 0.326 e. The Morgan fingerprint density at radius 2 is 1.78 bits per heavy atom. The molecule has 8 heteroatoms. The molecule has 27 heavy (non-hydrogen) atoms. The summed E-state index contributed by atoms with van der Waals surface area (Å²) in [6.45, 7) is 0. The van der Waals surface area contributed by atoms with Crippen molar-refractivity contribution in [3.8, 4) is 0 Å². The third kappa shape index (κ3) is 7.07. The van der Waals surface area contributed by atoms with Gasteiger partial charge >= 0.3 is 5.97 Å². The van der Waals surface area contributed by atoms with E-state index in [4.69, 9.17) is 0 Å². The van der Waals surface area contributed by atoms with Gasteiger partial charge in [0.25, 0.3) is 0 Å². The summed E-state index contributed by atoms with van der Waals surface area (Å²) in [5.41, 5.74) is 1.67. The van der Waals surface area contributed by atoms with Gasteiger partial charge in [0.1, 0.15) is 12.1 Å². The Bertz CT molecular complexity index is 750. The minimum Gasteiger partial charge on any atom is -0.480 e. The molecule has 0 fully saturated rings. The summed E-state index contributed by atoms with van der Waals surface area (Å²) in [5, 5.41) is 18.4. The van der Waals surface area contributed by atoms with Crippen LogP contribution in [0.1, 0.15) is 17.5 Å². The molecule has 1 heterocycles. The van der Waals surface area contributed by atoms with Crippen LogP contribution in [-0.2, 0) is 27.2 Å². The van der Waals surface area contributed by atoms with E-state index in [1.165, 1.54) is 11.3 Å². The highest BCUT2D eigenvalue weighted by atomic mass is 32.1. The van der Waals surface area contributed by atoms with Gasteiger partial charge in [0.2, 0.25) is 11.8 Å². The van der Waals surface area contributed by atoms with Crippen molar-refractivity contribution in [3.05, 3.63) is 58.3 Å². The van der Waals surface area contributed by atoms with Crippen LogP contribution in [0.15, 0.2) is 47.2 Å². The Labute approximate surface area is 167 Å². The number of hydrogen-bond acceptors (Lipinski definition) is 5. The number of carboxylic acid groups (broad SMARTS) is 1. The van der Waals surface area contributed by atoms with Gasteiger partial charge in [-0.3, -0.25) is 9.59 Å². The molecule has 6 nitrogen and oxygen atoms in total. The van der Waals surface area contributed by atoms with Crippen LogP contribution < -0.4 is 10.6 Å². The van der Waals surface area contributed by atoms with E-state index in [9.17, 15) is 19.5 Å². The quantitative estimate of drug-likeness (QED) is 0.453. The lowest BCUT2D eigenvalue weighted by Crippen LogP contribution is -2.52. The summed E-state index contributed by atoms with van der Waals surface area (Å²) in [5.74, 6) is -1.55. The number of thiophene rings is 1. The van der Waals surface area contributed by atoms with Crippen LogP contribution in [0.3, 0.4) is 0 Å². The molecule has 1 aromatic carbocycles. The van der Waals surface area contributed by atoms with Crippen LogP contribution in [0.4, 0.5) is 0 Å². The molecule has 1 aromatic heterocycles. The summed E-state index contributed by atoms with van der Waals surface area (Å²) in [7, 11) is 0. The predicted octanol–water partition coefficient (Wildman–Crippen LogP) is 1.91. The third-order valence-corrected chi connectivity index (χ3v) is 4.90. The van der Waals surface area contributed by atoms with Crippen molar-refractivity contribution < 1.29 is 19.5 Å². The normalized spacial score (nSPS) is 12.8. The van der Waals surface area contributed by atoms with Crippen molar-refractivity contribution in [2.24, 2.45) is 0 Å². The van der Waals surface area contributed by atoms with E-state index in [-0.39, 0.29) is 18.7 Å². The monoisotopic (exact) mass is 406 g/mol. The molecule has 0 radical (unpaired) electrons. The second-order valence-corrected chi connectivity index (χ2v) is 7.26. The van der Waals surface area contributed by atoms with Crippen molar-refractivity contribution in [2.45, 2.75) is 31.3 Å². The summed E-state index contributed by atoms with van der Waals surface area (Å²) in [6, 6.07) is 9.00. The van der Waals surface area contributed by atoms with E-state index in [1.54, 1.807) is 12.1 Å².